The van der Waals surface area contributed by atoms with Crippen molar-refractivity contribution in [2.75, 3.05) is 25.6 Å². The summed E-state index contributed by atoms with van der Waals surface area (Å²) in [7, 11) is 1.62. The number of aromatic nitrogens is 2. The van der Waals surface area contributed by atoms with Gasteiger partial charge in [-0.15, -0.1) is 4.37 Å². The molecule has 102 valence electrons. The van der Waals surface area contributed by atoms with Crippen LogP contribution >= 0.6 is 11.7 Å². The second-order valence-electron chi connectivity index (χ2n) is 3.82. The number of ether oxygens (including phenoxy) is 2. The molecule has 0 amide bonds. The molecule has 1 aromatic heterocycles. The monoisotopic (exact) mass is 281 g/mol. The van der Waals surface area contributed by atoms with E-state index in [1.165, 1.54) is 6.20 Å². The van der Waals surface area contributed by atoms with E-state index >= 15 is 0 Å². The maximum absolute atomic E-state index is 9.75. The molecule has 1 unspecified atom stereocenters. The minimum Gasteiger partial charge on any atom is -0.497 e. The average molecular weight is 281 g/mol. The van der Waals surface area contributed by atoms with Crippen LogP contribution in [0.4, 0.5) is 5.69 Å². The molecule has 0 fully saturated rings. The van der Waals surface area contributed by atoms with E-state index < -0.39 is 6.10 Å². The second kappa shape index (κ2) is 6.91. The fraction of sp³-hybridized carbons (Fsp3) is 0.333. The Morgan fingerprint density at radius 1 is 1.37 bits per heavy atom. The van der Waals surface area contributed by atoms with Gasteiger partial charge >= 0.3 is 0 Å². The Bertz CT molecular complexity index is 475. The van der Waals surface area contributed by atoms with Gasteiger partial charge in [-0.3, -0.25) is 0 Å². The van der Waals surface area contributed by atoms with Gasteiger partial charge < -0.3 is 19.9 Å². The fourth-order valence-corrected chi connectivity index (χ4v) is 1.77. The third kappa shape index (κ3) is 4.38. The van der Waals surface area contributed by atoms with Gasteiger partial charge in [0.05, 0.1) is 18.8 Å². The predicted octanol–water partition coefficient (Wildman–Crippen LogP) is 1.40. The number of benzene rings is 1. The summed E-state index contributed by atoms with van der Waals surface area (Å²) in [5.41, 5.74) is 0.912. The van der Waals surface area contributed by atoms with Crippen LogP contribution in [0, 0.1) is 0 Å². The van der Waals surface area contributed by atoms with Gasteiger partial charge in [-0.2, -0.15) is 4.37 Å². The first-order valence-electron chi connectivity index (χ1n) is 5.74. The van der Waals surface area contributed by atoms with Crippen molar-refractivity contribution in [1.82, 2.24) is 8.75 Å². The first-order chi connectivity index (χ1) is 9.28. The molecule has 0 aliphatic rings. The van der Waals surface area contributed by atoms with Crippen LogP contribution in [-0.2, 0) is 0 Å². The smallest absolute Gasteiger partial charge is 0.245 e. The summed E-state index contributed by atoms with van der Waals surface area (Å²) in [4.78, 5) is 0. The molecular formula is C12H15N3O3S. The summed E-state index contributed by atoms with van der Waals surface area (Å²) >= 11 is 1.07. The zero-order valence-corrected chi connectivity index (χ0v) is 11.3. The molecule has 2 rings (SSSR count). The molecule has 1 heterocycles. The highest BCUT2D eigenvalue weighted by atomic mass is 32.1. The summed E-state index contributed by atoms with van der Waals surface area (Å²) in [6, 6.07) is 7.48. The van der Waals surface area contributed by atoms with Crippen molar-refractivity contribution < 1.29 is 14.6 Å². The number of nitrogens with zero attached hydrogens (tertiary/aromatic N) is 2. The third-order valence-corrected chi connectivity index (χ3v) is 2.86. The van der Waals surface area contributed by atoms with Crippen molar-refractivity contribution in [3.63, 3.8) is 0 Å². The summed E-state index contributed by atoms with van der Waals surface area (Å²) in [5, 5.41) is 12.9. The topological polar surface area (TPSA) is 76.5 Å². The largest absolute Gasteiger partial charge is 0.497 e. The van der Waals surface area contributed by atoms with E-state index in [0.717, 1.165) is 23.2 Å². The van der Waals surface area contributed by atoms with E-state index in [1.807, 2.05) is 24.3 Å². The van der Waals surface area contributed by atoms with Crippen molar-refractivity contribution in [3.8, 4) is 11.6 Å². The normalized spacial score (nSPS) is 11.9. The van der Waals surface area contributed by atoms with Crippen molar-refractivity contribution >= 4 is 17.4 Å². The van der Waals surface area contributed by atoms with Crippen molar-refractivity contribution in [1.29, 1.82) is 0 Å². The second-order valence-corrected chi connectivity index (χ2v) is 4.38. The van der Waals surface area contributed by atoms with Crippen LogP contribution < -0.4 is 14.8 Å². The molecule has 19 heavy (non-hydrogen) atoms. The lowest BCUT2D eigenvalue weighted by Crippen LogP contribution is -2.26. The third-order valence-electron chi connectivity index (χ3n) is 2.40. The predicted molar refractivity (Wildman–Crippen MR) is 72.9 cm³/mol. The Morgan fingerprint density at radius 2 is 2.16 bits per heavy atom. The number of aliphatic hydroxyl groups excluding tert-OH is 1. The van der Waals surface area contributed by atoms with Gasteiger partial charge in [-0.25, -0.2) is 0 Å². The van der Waals surface area contributed by atoms with Crippen LogP contribution in [0.15, 0.2) is 30.5 Å². The van der Waals surface area contributed by atoms with Crippen molar-refractivity contribution in [2.24, 2.45) is 0 Å². The molecule has 7 heteroatoms. The van der Waals surface area contributed by atoms with Crippen LogP contribution in [0.5, 0.6) is 11.6 Å². The van der Waals surface area contributed by atoms with E-state index in [0.29, 0.717) is 12.4 Å². The van der Waals surface area contributed by atoms with Crippen LogP contribution in [0.25, 0.3) is 0 Å². The molecule has 0 radical (unpaired) electrons. The maximum Gasteiger partial charge on any atom is 0.245 e. The van der Waals surface area contributed by atoms with Crippen molar-refractivity contribution in [2.45, 2.75) is 6.10 Å². The Labute approximate surface area is 115 Å². The average Bonchev–Trinajstić information content (AvgIpc) is 2.96. The first kappa shape index (κ1) is 13.6. The molecule has 1 atom stereocenters. The molecule has 0 saturated carbocycles. The molecule has 0 aliphatic heterocycles. The van der Waals surface area contributed by atoms with Crippen LogP contribution in [-0.4, -0.2) is 40.2 Å². The zero-order valence-electron chi connectivity index (χ0n) is 10.4. The lowest BCUT2D eigenvalue weighted by atomic mass is 10.3. The van der Waals surface area contributed by atoms with Gasteiger partial charge in [-0.05, 0) is 24.3 Å². The zero-order chi connectivity index (χ0) is 13.5. The lowest BCUT2D eigenvalue weighted by Gasteiger charge is -2.13. The van der Waals surface area contributed by atoms with Crippen LogP contribution in [0.3, 0.4) is 0 Å². The van der Waals surface area contributed by atoms with Crippen LogP contribution in [0.2, 0.25) is 0 Å². The van der Waals surface area contributed by atoms with Gasteiger partial charge in [-0.1, -0.05) is 0 Å². The Morgan fingerprint density at radius 3 is 2.79 bits per heavy atom. The van der Waals surface area contributed by atoms with Crippen molar-refractivity contribution in [3.05, 3.63) is 30.5 Å². The molecule has 0 saturated heterocycles. The fourth-order valence-electron chi connectivity index (χ4n) is 1.40. The molecule has 0 spiro atoms. The first-order valence-corrected chi connectivity index (χ1v) is 6.47. The number of nitrogens with one attached hydrogen (secondary N) is 1. The van der Waals surface area contributed by atoms with Gasteiger partial charge in [0.25, 0.3) is 0 Å². The van der Waals surface area contributed by atoms with Gasteiger partial charge in [0.2, 0.25) is 5.88 Å². The highest BCUT2D eigenvalue weighted by molar-refractivity contribution is 6.99. The molecule has 6 nitrogen and oxygen atoms in total. The number of methoxy groups -OCH3 is 1. The SMILES string of the molecule is COc1ccc(NCC(O)COc2cnsn2)cc1. The molecule has 2 aromatic rings. The number of hydrogen-bond donors (Lipinski definition) is 2. The Balaban J connectivity index is 1.71. The van der Waals surface area contributed by atoms with Crippen LogP contribution in [0.1, 0.15) is 0 Å². The minimum absolute atomic E-state index is 0.175. The molecular weight excluding hydrogens is 266 g/mol. The summed E-state index contributed by atoms with van der Waals surface area (Å²) < 4.78 is 18.0. The standard InChI is InChI=1S/C12H15N3O3S/c1-17-11-4-2-9(3-5-11)13-6-10(16)8-18-12-7-14-19-15-12/h2-5,7,10,13,16H,6,8H2,1H3. The van der Waals surface area contributed by atoms with E-state index in [-0.39, 0.29) is 6.61 Å². The number of aliphatic hydroxyl groups is 1. The van der Waals surface area contributed by atoms with E-state index in [1.54, 1.807) is 7.11 Å². The lowest BCUT2D eigenvalue weighted by molar-refractivity contribution is 0.115. The quantitative estimate of drug-likeness (QED) is 0.799. The molecule has 0 aliphatic carbocycles. The van der Waals surface area contributed by atoms with E-state index in [4.69, 9.17) is 9.47 Å². The highest BCUT2D eigenvalue weighted by Gasteiger charge is 2.06. The minimum atomic E-state index is -0.621. The summed E-state index contributed by atoms with van der Waals surface area (Å²) in [6.07, 6.45) is 0.901. The van der Waals surface area contributed by atoms with Gasteiger partial charge in [0, 0.05) is 12.2 Å². The van der Waals surface area contributed by atoms with Gasteiger partial charge in [0.1, 0.15) is 24.7 Å². The summed E-state index contributed by atoms with van der Waals surface area (Å²) in [5.74, 6) is 1.24. The maximum atomic E-state index is 9.75. The Hall–Kier alpha value is -1.86. The summed E-state index contributed by atoms with van der Waals surface area (Å²) in [6.45, 7) is 0.568. The van der Waals surface area contributed by atoms with Gasteiger partial charge in [0.15, 0.2) is 0 Å². The Kier molecular flexibility index (Phi) is 4.93. The van der Waals surface area contributed by atoms with E-state index in [9.17, 15) is 5.11 Å². The molecule has 2 N–H and O–H groups in total. The molecule has 0 bridgehead atoms. The molecule has 1 aromatic carbocycles. The highest BCUT2D eigenvalue weighted by Crippen LogP contribution is 2.14. The number of anilines is 1. The number of hydrogen-bond acceptors (Lipinski definition) is 7. The number of rotatable bonds is 7. The van der Waals surface area contributed by atoms with E-state index in [2.05, 4.69) is 14.1 Å².